The summed E-state index contributed by atoms with van der Waals surface area (Å²) in [4.78, 5) is 13.2. The highest BCUT2D eigenvalue weighted by atomic mass is 19.1. The Morgan fingerprint density at radius 3 is 2.64 bits per heavy atom. The predicted octanol–water partition coefficient (Wildman–Crippen LogP) is 3.85. The summed E-state index contributed by atoms with van der Waals surface area (Å²) in [6.07, 6.45) is 7.01. The van der Waals surface area contributed by atoms with Gasteiger partial charge in [0.2, 0.25) is 5.91 Å². The molecular weight excluding hydrogens is 362 g/mol. The minimum Gasteiger partial charge on any atom is -0.273 e. The number of fused-ring (bicyclic) bond motifs is 1. The van der Waals surface area contributed by atoms with Crippen LogP contribution in [-0.2, 0) is 11.3 Å². The van der Waals surface area contributed by atoms with Crippen molar-refractivity contribution in [2.75, 3.05) is 0 Å². The first-order valence-corrected chi connectivity index (χ1v) is 9.74. The zero-order valence-corrected chi connectivity index (χ0v) is 15.7. The second-order valence-electron chi connectivity index (χ2n) is 8.57. The molecule has 7 heteroatoms. The van der Waals surface area contributed by atoms with Crippen molar-refractivity contribution >= 4 is 12.1 Å². The van der Waals surface area contributed by atoms with Gasteiger partial charge in [0, 0.05) is 37.4 Å². The minimum absolute atomic E-state index is 0.0237. The van der Waals surface area contributed by atoms with Gasteiger partial charge in [-0.25, -0.2) is 13.8 Å². The van der Waals surface area contributed by atoms with Crippen LogP contribution in [-0.4, -0.2) is 26.9 Å². The summed E-state index contributed by atoms with van der Waals surface area (Å²) in [5.41, 5.74) is 1.58. The lowest BCUT2D eigenvalue weighted by Gasteiger charge is -2.38. The highest BCUT2D eigenvalue weighted by molar-refractivity contribution is 5.83. The summed E-state index contributed by atoms with van der Waals surface area (Å²) in [7, 11) is 0. The van der Waals surface area contributed by atoms with Gasteiger partial charge in [-0.3, -0.25) is 9.48 Å². The van der Waals surface area contributed by atoms with E-state index in [9.17, 15) is 13.6 Å². The van der Waals surface area contributed by atoms with Gasteiger partial charge < -0.3 is 0 Å². The number of hydrazone groups is 1. The summed E-state index contributed by atoms with van der Waals surface area (Å²) in [6, 6.07) is 4.99. The summed E-state index contributed by atoms with van der Waals surface area (Å²) < 4.78 is 29.3. The van der Waals surface area contributed by atoms with Crippen LogP contribution < -0.4 is 0 Å². The van der Waals surface area contributed by atoms with Crippen molar-refractivity contribution < 1.29 is 13.6 Å². The maximum Gasteiger partial charge on any atom is 0.246 e. The molecule has 1 amide bonds. The molecule has 2 aromatic rings. The van der Waals surface area contributed by atoms with Crippen LogP contribution in [0.5, 0.6) is 0 Å². The number of halogens is 2. The van der Waals surface area contributed by atoms with E-state index in [0.29, 0.717) is 17.9 Å². The van der Waals surface area contributed by atoms with Crippen molar-refractivity contribution in [2.24, 2.45) is 22.4 Å². The van der Waals surface area contributed by atoms with Gasteiger partial charge in [0.15, 0.2) is 0 Å². The Balaban J connectivity index is 1.32. The first kappa shape index (κ1) is 17.5. The topological polar surface area (TPSA) is 50.5 Å². The standard InChI is InChI=1S/C21H22F2N4O/c1-13-3-5-26(25-13)12-21-9-15(10-21)18(11-21)20(28)27-19(2-4-24-27)14-6-16(22)8-17(23)7-14/h3-8,15,18-19H,2,9-12H2,1H3/t15?,18-,19?,21?/m0/s1. The summed E-state index contributed by atoms with van der Waals surface area (Å²) >= 11 is 0. The Morgan fingerprint density at radius 2 is 1.96 bits per heavy atom. The third-order valence-electron chi connectivity index (χ3n) is 6.53. The molecule has 1 aromatic heterocycles. The largest absolute Gasteiger partial charge is 0.273 e. The summed E-state index contributed by atoms with van der Waals surface area (Å²) in [5.74, 6) is -1.00. The van der Waals surface area contributed by atoms with Gasteiger partial charge in [-0.1, -0.05) is 0 Å². The van der Waals surface area contributed by atoms with Crippen molar-refractivity contribution in [1.82, 2.24) is 14.8 Å². The average Bonchev–Trinajstić information content (AvgIpc) is 3.36. The number of carbonyl (C=O) groups excluding carboxylic acids is 1. The fraction of sp³-hybridized carbons (Fsp3) is 0.476. The Kier molecular flexibility index (Phi) is 3.89. The molecule has 6 rings (SSSR count). The van der Waals surface area contributed by atoms with Gasteiger partial charge in [-0.05, 0) is 61.3 Å². The molecule has 3 fully saturated rings. The van der Waals surface area contributed by atoms with Crippen molar-refractivity contribution in [3.8, 4) is 0 Å². The third-order valence-corrected chi connectivity index (χ3v) is 6.53. The smallest absolute Gasteiger partial charge is 0.246 e. The fourth-order valence-electron chi connectivity index (χ4n) is 5.35. The number of benzene rings is 1. The Morgan fingerprint density at radius 1 is 1.21 bits per heavy atom. The van der Waals surface area contributed by atoms with Gasteiger partial charge in [0.25, 0.3) is 0 Å². The second kappa shape index (κ2) is 6.22. The quantitative estimate of drug-likeness (QED) is 0.804. The van der Waals surface area contributed by atoms with Gasteiger partial charge >= 0.3 is 0 Å². The van der Waals surface area contributed by atoms with E-state index >= 15 is 0 Å². The van der Waals surface area contributed by atoms with Crippen LogP contribution in [0, 0.1) is 35.8 Å². The molecule has 5 nitrogen and oxygen atoms in total. The molecule has 4 aliphatic rings. The van der Waals surface area contributed by atoms with E-state index < -0.39 is 17.7 Å². The van der Waals surface area contributed by atoms with Crippen LogP contribution in [0.2, 0.25) is 0 Å². The number of carbonyl (C=O) groups is 1. The normalized spacial score (nSPS) is 30.7. The van der Waals surface area contributed by atoms with E-state index in [1.807, 2.05) is 23.9 Å². The number of amides is 1. The molecule has 1 aromatic carbocycles. The maximum atomic E-state index is 13.6. The van der Waals surface area contributed by atoms with Gasteiger partial charge in [0.05, 0.1) is 11.7 Å². The summed E-state index contributed by atoms with van der Waals surface area (Å²) in [5, 5.41) is 10.2. The zero-order chi connectivity index (χ0) is 19.5. The monoisotopic (exact) mass is 384 g/mol. The molecule has 28 heavy (non-hydrogen) atoms. The molecule has 0 spiro atoms. The molecule has 146 valence electrons. The molecule has 0 radical (unpaired) electrons. The number of nitrogens with zero attached hydrogens (tertiary/aromatic N) is 4. The first-order valence-electron chi connectivity index (χ1n) is 9.74. The number of hydrogen-bond donors (Lipinski definition) is 0. The van der Waals surface area contributed by atoms with E-state index in [2.05, 4.69) is 10.2 Å². The van der Waals surface area contributed by atoms with E-state index in [4.69, 9.17) is 0 Å². The first-order chi connectivity index (χ1) is 13.4. The maximum absolute atomic E-state index is 13.6. The fourth-order valence-corrected chi connectivity index (χ4v) is 5.35. The summed E-state index contributed by atoms with van der Waals surface area (Å²) in [6.45, 7) is 2.81. The van der Waals surface area contributed by atoms with Crippen molar-refractivity contribution in [3.05, 3.63) is 53.4 Å². The third kappa shape index (κ3) is 2.84. The number of rotatable bonds is 4. The van der Waals surface area contributed by atoms with Crippen LogP contribution in [0.4, 0.5) is 8.78 Å². The molecule has 1 aliphatic heterocycles. The molecular formula is C21H22F2N4O. The van der Waals surface area contributed by atoms with Gasteiger partial charge in [-0.2, -0.15) is 10.2 Å². The highest BCUT2D eigenvalue weighted by Crippen LogP contribution is 2.63. The molecule has 3 saturated carbocycles. The lowest BCUT2D eigenvalue weighted by Crippen LogP contribution is -2.35. The number of aromatic nitrogens is 2. The number of hydrogen-bond acceptors (Lipinski definition) is 3. The van der Waals surface area contributed by atoms with E-state index in [1.165, 1.54) is 17.1 Å². The van der Waals surface area contributed by atoms with E-state index in [0.717, 1.165) is 37.6 Å². The van der Waals surface area contributed by atoms with Crippen molar-refractivity contribution in [1.29, 1.82) is 0 Å². The molecule has 3 aliphatic carbocycles. The van der Waals surface area contributed by atoms with Crippen LogP contribution >= 0.6 is 0 Å². The molecule has 0 N–H and O–H groups in total. The van der Waals surface area contributed by atoms with Crippen LogP contribution in [0.15, 0.2) is 35.6 Å². The van der Waals surface area contributed by atoms with Crippen LogP contribution in [0.3, 0.4) is 0 Å². The van der Waals surface area contributed by atoms with E-state index in [-0.39, 0.29) is 17.2 Å². The Hall–Kier alpha value is -2.57. The average molecular weight is 384 g/mol. The SMILES string of the molecule is Cc1ccn(CC23CC(C2)[C@@H](C(=O)N2N=CCC2c2cc(F)cc(F)c2)C3)n1. The zero-order valence-electron chi connectivity index (χ0n) is 15.7. The predicted molar refractivity (Wildman–Crippen MR) is 99.3 cm³/mol. The molecule has 1 unspecified atom stereocenters. The Bertz CT molecular complexity index is 943. The lowest BCUT2D eigenvalue weighted by atomic mass is 9.69. The van der Waals surface area contributed by atoms with Gasteiger partial charge in [-0.15, -0.1) is 0 Å². The van der Waals surface area contributed by atoms with E-state index in [1.54, 1.807) is 6.21 Å². The second-order valence-corrected chi connectivity index (χ2v) is 8.57. The van der Waals surface area contributed by atoms with Crippen LogP contribution in [0.1, 0.15) is 43.0 Å². The lowest BCUT2D eigenvalue weighted by molar-refractivity contribution is -0.138. The number of aryl methyl sites for hydroxylation is 1. The molecule has 2 bridgehead atoms. The highest BCUT2D eigenvalue weighted by Gasteiger charge is 2.59. The molecule has 0 saturated heterocycles. The van der Waals surface area contributed by atoms with Crippen molar-refractivity contribution in [2.45, 2.75) is 45.2 Å². The van der Waals surface area contributed by atoms with Crippen molar-refractivity contribution in [3.63, 3.8) is 0 Å². The minimum atomic E-state index is -0.633. The molecule has 2 heterocycles. The van der Waals surface area contributed by atoms with Crippen LogP contribution in [0.25, 0.3) is 0 Å². The molecule has 2 atom stereocenters. The van der Waals surface area contributed by atoms with Gasteiger partial charge in [0.1, 0.15) is 11.6 Å². The Labute approximate surface area is 162 Å².